The standard InChI is InChI=1S/C76H52O2/c77-75-67(49-57-25-11-3-12-26-57)71(61-43-39-55(40-44-61)37-35-53-21-7-1-8-22-53)73(69(75)51-59-29-15-5-16-30-59)65-47-48-66(64-34-20-19-33-63(64)65)74-70(52-60-31-17-6-18-32-60)76(78)68(50-58-27-13-4-14-28-58)72(74)62-45-41-56(42-46-62)38-36-54-23-9-2-10-24-54/h1-34,39-48H,49-52H2. The van der Waals surface area contributed by atoms with Gasteiger partial charge in [-0.1, -0.05) is 242 Å². The minimum absolute atomic E-state index is 0.0516. The van der Waals surface area contributed by atoms with Gasteiger partial charge in [-0.05, 0) is 126 Å². The molecule has 0 saturated carbocycles. The molecule has 0 aliphatic heterocycles. The maximum atomic E-state index is 15.6. The number of carbonyl (C=O) groups is 2. The number of allylic oxidation sites excluding steroid dienone is 8. The summed E-state index contributed by atoms with van der Waals surface area (Å²) in [6, 6.07) is 91.0. The van der Waals surface area contributed by atoms with Crippen LogP contribution in [0, 0.1) is 23.7 Å². The van der Waals surface area contributed by atoms with Gasteiger partial charge in [-0.25, -0.2) is 0 Å². The van der Waals surface area contributed by atoms with Crippen molar-refractivity contribution in [1.29, 1.82) is 0 Å². The van der Waals surface area contributed by atoms with Gasteiger partial charge >= 0.3 is 0 Å². The summed E-state index contributed by atoms with van der Waals surface area (Å²) >= 11 is 0. The van der Waals surface area contributed by atoms with Gasteiger partial charge in [0.15, 0.2) is 11.6 Å². The summed E-state index contributed by atoms with van der Waals surface area (Å²) in [5.74, 6) is 13.5. The van der Waals surface area contributed by atoms with E-state index in [1.807, 2.05) is 133 Å². The summed E-state index contributed by atoms with van der Waals surface area (Å²) in [5, 5.41) is 1.99. The monoisotopic (exact) mass is 996 g/mol. The molecule has 0 unspecified atom stereocenters. The largest absolute Gasteiger partial charge is 0.289 e. The Kier molecular flexibility index (Phi) is 14.0. The molecule has 368 valence electrons. The number of rotatable bonds is 12. The van der Waals surface area contributed by atoms with Gasteiger partial charge in [-0.2, -0.15) is 0 Å². The summed E-state index contributed by atoms with van der Waals surface area (Å²) in [6.45, 7) is 0. The van der Waals surface area contributed by atoms with E-state index in [0.717, 1.165) is 122 Å². The zero-order valence-corrected chi connectivity index (χ0v) is 43.0. The lowest BCUT2D eigenvalue weighted by Gasteiger charge is -2.20. The van der Waals surface area contributed by atoms with Gasteiger partial charge in [0.25, 0.3) is 0 Å². The molecule has 0 heterocycles. The Hall–Kier alpha value is -10.1. The Morgan fingerprint density at radius 3 is 0.769 bits per heavy atom. The molecule has 0 radical (unpaired) electrons. The molecule has 0 amide bonds. The van der Waals surface area contributed by atoms with Crippen LogP contribution in [0.15, 0.2) is 289 Å². The minimum Gasteiger partial charge on any atom is -0.289 e. The number of hydrogen-bond acceptors (Lipinski definition) is 2. The van der Waals surface area contributed by atoms with Gasteiger partial charge in [0.1, 0.15) is 0 Å². The van der Waals surface area contributed by atoms with Crippen molar-refractivity contribution < 1.29 is 9.59 Å². The van der Waals surface area contributed by atoms with Crippen molar-refractivity contribution in [2.45, 2.75) is 25.7 Å². The van der Waals surface area contributed by atoms with Crippen molar-refractivity contribution in [3.8, 4) is 23.7 Å². The molecule has 2 heteroatoms. The van der Waals surface area contributed by atoms with Gasteiger partial charge in [-0.15, -0.1) is 0 Å². The molecule has 2 aliphatic carbocycles. The van der Waals surface area contributed by atoms with Crippen molar-refractivity contribution in [2.75, 3.05) is 0 Å². The molecular weight excluding hydrogens is 945 g/mol. The third kappa shape index (κ3) is 10.3. The maximum absolute atomic E-state index is 15.6. The number of hydrogen-bond donors (Lipinski definition) is 0. The average molecular weight is 997 g/mol. The van der Waals surface area contributed by atoms with Crippen LogP contribution in [0.5, 0.6) is 0 Å². The maximum Gasteiger partial charge on any atom is 0.186 e. The van der Waals surface area contributed by atoms with Gasteiger partial charge in [0.2, 0.25) is 0 Å². The second kappa shape index (κ2) is 22.4. The second-order valence-corrected chi connectivity index (χ2v) is 19.8. The van der Waals surface area contributed by atoms with Gasteiger partial charge < -0.3 is 0 Å². The van der Waals surface area contributed by atoms with E-state index in [1.165, 1.54) is 0 Å². The number of benzene rings is 10. The Morgan fingerprint density at radius 2 is 0.474 bits per heavy atom. The molecule has 0 spiro atoms. The van der Waals surface area contributed by atoms with Crippen molar-refractivity contribution in [3.05, 3.63) is 356 Å². The Balaban J connectivity index is 1.07. The Morgan fingerprint density at radius 1 is 0.231 bits per heavy atom. The molecule has 0 saturated heterocycles. The van der Waals surface area contributed by atoms with Crippen LogP contribution < -0.4 is 0 Å². The first-order valence-corrected chi connectivity index (χ1v) is 26.6. The highest BCUT2D eigenvalue weighted by Crippen LogP contribution is 2.51. The van der Waals surface area contributed by atoms with Crippen LogP contribution >= 0.6 is 0 Å². The predicted molar refractivity (Wildman–Crippen MR) is 320 cm³/mol. The highest BCUT2D eigenvalue weighted by Gasteiger charge is 2.37. The van der Waals surface area contributed by atoms with Crippen molar-refractivity contribution in [1.82, 2.24) is 0 Å². The van der Waals surface area contributed by atoms with E-state index >= 15 is 9.59 Å². The third-order valence-corrected chi connectivity index (χ3v) is 14.8. The first-order chi connectivity index (χ1) is 38.5. The van der Waals surface area contributed by atoms with E-state index in [4.69, 9.17) is 0 Å². The fourth-order valence-electron chi connectivity index (χ4n) is 11.0. The number of fused-ring (bicyclic) bond motifs is 1. The highest BCUT2D eigenvalue weighted by atomic mass is 16.1. The van der Waals surface area contributed by atoms with Crippen LogP contribution in [0.4, 0.5) is 0 Å². The topological polar surface area (TPSA) is 34.1 Å². The second-order valence-electron chi connectivity index (χ2n) is 19.8. The SMILES string of the molecule is O=C1C(Cc2ccccc2)=C(c2ccc(C#Cc3ccccc3)cc2)C(c2ccc(C3=C(Cc4ccccc4)C(=O)C(Cc4ccccc4)=C3c3ccc(C#Cc4ccccc4)cc3)c3ccccc23)=C1Cc1ccccc1. The molecule has 0 fully saturated rings. The lowest BCUT2D eigenvalue weighted by Crippen LogP contribution is -2.08. The summed E-state index contributed by atoms with van der Waals surface area (Å²) in [4.78, 5) is 31.2. The number of ketones is 2. The van der Waals surface area contributed by atoms with Gasteiger partial charge in [-0.3, -0.25) is 9.59 Å². The fourth-order valence-corrected chi connectivity index (χ4v) is 11.0. The highest BCUT2D eigenvalue weighted by molar-refractivity contribution is 6.36. The molecule has 2 aliphatic rings. The smallest absolute Gasteiger partial charge is 0.186 e. The zero-order chi connectivity index (χ0) is 52.6. The molecular formula is C76H52O2. The fraction of sp³-hybridized carbons (Fsp3) is 0.0526. The van der Waals surface area contributed by atoms with Gasteiger partial charge in [0.05, 0.1) is 0 Å². The van der Waals surface area contributed by atoms with Gasteiger partial charge in [0, 0.05) is 70.2 Å². The van der Waals surface area contributed by atoms with Crippen molar-refractivity contribution in [3.63, 3.8) is 0 Å². The molecule has 10 aromatic carbocycles. The Bertz CT molecular complexity index is 3870. The first kappa shape index (κ1) is 48.8. The lowest BCUT2D eigenvalue weighted by atomic mass is 9.82. The van der Waals surface area contributed by atoms with Crippen LogP contribution in [0.25, 0.3) is 33.1 Å². The summed E-state index contributed by atoms with van der Waals surface area (Å²) in [7, 11) is 0. The van der Waals surface area contributed by atoms with Crippen LogP contribution in [0.3, 0.4) is 0 Å². The molecule has 0 bridgehead atoms. The molecule has 78 heavy (non-hydrogen) atoms. The quantitative estimate of drug-likeness (QED) is 0.114. The molecule has 0 N–H and O–H groups in total. The molecule has 2 nitrogen and oxygen atoms in total. The van der Waals surface area contributed by atoms with E-state index in [1.54, 1.807) is 0 Å². The van der Waals surface area contributed by atoms with E-state index in [-0.39, 0.29) is 11.6 Å². The van der Waals surface area contributed by atoms with E-state index in [0.29, 0.717) is 25.7 Å². The van der Waals surface area contributed by atoms with Crippen LogP contribution in [-0.4, -0.2) is 11.6 Å². The first-order valence-electron chi connectivity index (χ1n) is 26.6. The van der Waals surface area contributed by atoms with Crippen molar-refractivity contribution >= 4 is 44.6 Å². The van der Waals surface area contributed by atoms with Crippen molar-refractivity contribution in [2.24, 2.45) is 0 Å². The third-order valence-electron chi connectivity index (χ3n) is 14.8. The summed E-state index contributed by atoms with van der Waals surface area (Å²) in [5.41, 5.74) is 18.5. The molecule has 0 atom stereocenters. The van der Waals surface area contributed by atoms with Crippen LogP contribution in [0.1, 0.15) is 66.8 Å². The minimum atomic E-state index is 0.0516. The number of carbonyl (C=O) groups excluding carboxylic acids is 2. The normalized spacial score (nSPS) is 13.2. The van der Waals surface area contributed by atoms with Crippen LogP contribution in [-0.2, 0) is 35.3 Å². The zero-order valence-electron chi connectivity index (χ0n) is 43.0. The van der Waals surface area contributed by atoms with E-state index < -0.39 is 0 Å². The molecule has 10 aromatic rings. The molecule has 12 rings (SSSR count). The molecule has 0 aromatic heterocycles. The lowest BCUT2D eigenvalue weighted by molar-refractivity contribution is -0.112. The Labute approximate surface area is 457 Å². The van der Waals surface area contributed by atoms with E-state index in [9.17, 15) is 0 Å². The summed E-state index contributed by atoms with van der Waals surface area (Å²) in [6.07, 6.45) is 1.84. The van der Waals surface area contributed by atoms with Crippen LogP contribution in [0.2, 0.25) is 0 Å². The summed E-state index contributed by atoms with van der Waals surface area (Å²) < 4.78 is 0. The van der Waals surface area contributed by atoms with E-state index in [2.05, 4.69) is 157 Å². The average Bonchev–Trinajstić information content (AvgIpc) is 4.08. The predicted octanol–water partition coefficient (Wildman–Crippen LogP) is 16.2. The number of Topliss-reactive ketones (excluding diaryl/α,β-unsaturated/α-hetero) is 2.